The minimum atomic E-state index is 0.0940. The molecule has 0 radical (unpaired) electrons. The van der Waals surface area contributed by atoms with E-state index in [4.69, 9.17) is 14.6 Å². The Bertz CT molecular complexity index is 424. The minimum absolute atomic E-state index is 0.0940. The summed E-state index contributed by atoms with van der Waals surface area (Å²) in [6.45, 7) is 5.93. The Morgan fingerprint density at radius 1 is 1.24 bits per heavy atom. The van der Waals surface area contributed by atoms with Crippen molar-refractivity contribution in [3.63, 3.8) is 0 Å². The van der Waals surface area contributed by atoms with Gasteiger partial charge in [0, 0.05) is 23.2 Å². The van der Waals surface area contributed by atoms with Gasteiger partial charge in [-0.1, -0.05) is 15.9 Å². The predicted molar refractivity (Wildman–Crippen MR) is 89.1 cm³/mol. The monoisotopic (exact) mass is 359 g/mol. The molecule has 4 nitrogen and oxygen atoms in total. The summed E-state index contributed by atoms with van der Waals surface area (Å²) in [7, 11) is 1.66. The third-order valence-electron chi connectivity index (χ3n) is 3.05. The molecular weight excluding hydrogens is 334 g/mol. The average molecular weight is 360 g/mol. The number of rotatable bonds is 10. The second-order valence-electron chi connectivity index (χ2n) is 5.18. The fraction of sp³-hybridized carbons (Fsp3) is 0.625. The lowest BCUT2D eigenvalue weighted by Crippen LogP contribution is -2.17. The third kappa shape index (κ3) is 6.24. The van der Waals surface area contributed by atoms with Gasteiger partial charge in [-0.2, -0.15) is 0 Å². The Kier molecular flexibility index (Phi) is 8.73. The summed E-state index contributed by atoms with van der Waals surface area (Å²) >= 11 is 3.59. The highest BCUT2D eigenvalue weighted by Crippen LogP contribution is 2.36. The Labute approximate surface area is 136 Å². The molecule has 5 heteroatoms. The Morgan fingerprint density at radius 3 is 2.62 bits per heavy atom. The van der Waals surface area contributed by atoms with Crippen molar-refractivity contribution in [1.82, 2.24) is 5.32 Å². The molecule has 0 saturated carbocycles. The zero-order chi connectivity index (χ0) is 15.7. The van der Waals surface area contributed by atoms with Crippen LogP contribution in [0.4, 0.5) is 0 Å². The van der Waals surface area contributed by atoms with Gasteiger partial charge in [-0.15, -0.1) is 0 Å². The molecule has 0 atom stereocenters. The molecule has 0 aromatic heterocycles. The summed E-state index contributed by atoms with van der Waals surface area (Å²) in [5.41, 5.74) is 1.07. The lowest BCUT2D eigenvalue weighted by Gasteiger charge is -2.19. The van der Waals surface area contributed by atoms with Crippen LogP contribution < -0.4 is 14.8 Å². The van der Waals surface area contributed by atoms with Crippen molar-refractivity contribution in [2.75, 3.05) is 20.3 Å². The van der Waals surface area contributed by atoms with E-state index in [1.54, 1.807) is 7.11 Å². The molecule has 0 aliphatic carbocycles. The van der Waals surface area contributed by atoms with Gasteiger partial charge in [0.15, 0.2) is 11.5 Å². The van der Waals surface area contributed by atoms with Gasteiger partial charge in [-0.25, -0.2) is 0 Å². The maximum absolute atomic E-state index is 8.76. The van der Waals surface area contributed by atoms with Crippen LogP contribution in [0.15, 0.2) is 16.6 Å². The molecule has 120 valence electrons. The maximum Gasteiger partial charge on any atom is 0.167 e. The van der Waals surface area contributed by atoms with Crippen LogP contribution in [0, 0.1) is 0 Å². The SMILES string of the molecule is COc1ccc(Br)c(CNCCCCCO)c1OC(C)C. The molecule has 0 aliphatic heterocycles. The van der Waals surface area contributed by atoms with Crippen molar-refractivity contribution in [1.29, 1.82) is 0 Å². The predicted octanol–water partition coefficient (Wildman–Crippen LogP) is 3.50. The van der Waals surface area contributed by atoms with Gasteiger partial charge in [-0.3, -0.25) is 0 Å². The van der Waals surface area contributed by atoms with Crippen molar-refractivity contribution in [3.05, 3.63) is 22.2 Å². The van der Waals surface area contributed by atoms with Crippen LogP contribution >= 0.6 is 15.9 Å². The smallest absolute Gasteiger partial charge is 0.167 e. The minimum Gasteiger partial charge on any atom is -0.493 e. The molecular formula is C16H26BrNO3. The van der Waals surface area contributed by atoms with Crippen LogP contribution in [0.2, 0.25) is 0 Å². The fourth-order valence-corrected chi connectivity index (χ4v) is 2.48. The Balaban J connectivity index is 2.70. The zero-order valence-electron chi connectivity index (χ0n) is 13.1. The first-order chi connectivity index (χ1) is 10.1. The van der Waals surface area contributed by atoms with Crippen LogP contribution in [-0.2, 0) is 6.54 Å². The number of hydrogen-bond acceptors (Lipinski definition) is 4. The van der Waals surface area contributed by atoms with E-state index in [2.05, 4.69) is 21.2 Å². The quantitative estimate of drug-likeness (QED) is 0.627. The first-order valence-corrected chi connectivity index (χ1v) is 8.23. The van der Waals surface area contributed by atoms with E-state index in [1.807, 2.05) is 26.0 Å². The van der Waals surface area contributed by atoms with E-state index in [0.717, 1.165) is 53.9 Å². The number of aliphatic hydroxyl groups is 1. The van der Waals surface area contributed by atoms with Gasteiger partial charge in [0.1, 0.15) is 0 Å². The summed E-state index contributed by atoms with van der Waals surface area (Å²) in [5.74, 6) is 1.55. The number of nitrogens with one attached hydrogen (secondary N) is 1. The number of ether oxygens (including phenoxy) is 2. The van der Waals surface area contributed by atoms with E-state index >= 15 is 0 Å². The van der Waals surface area contributed by atoms with Gasteiger partial charge in [0.25, 0.3) is 0 Å². The number of methoxy groups -OCH3 is 1. The van der Waals surface area contributed by atoms with Crippen LogP contribution in [0.5, 0.6) is 11.5 Å². The van der Waals surface area contributed by atoms with Crippen LogP contribution in [0.1, 0.15) is 38.7 Å². The molecule has 0 amide bonds. The molecule has 0 fully saturated rings. The van der Waals surface area contributed by atoms with Crippen molar-refractivity contribution in [2.24, 2.45) is 0 Å². The molecule has 0 saturated heterocycles. The van der Waals surface area contributed by atoms with E-state index < -0.39 is 0 Å². The van der Waals surface area contributed by atoms with Gasteiger partial charge in [-0.05, 0) is 51.8 Å². The molecule has 21 heavy (non-hydrogen) atoms. The third-order valence-corrected chi connectivity index (χ3v) is 3.80. The van der Waals surface area contributed by atoms with Gasteiger partial charge < -0.3 is 19.9 Å². The van der Waals surface area contributed by atoms with E-state index in [0.29, 0.717) is 0 Å². The standard InChI is InChI=1S/C16H26BrNO3/c1-12(2)21-16-13(11-18-9-5-4-6-10-19)14(17)7-8-15(16)20-3/h7-8,12,18-19H,4-6,9-11H2,1-3H3. The lowest BCUT2D eigenvalue weighted by molar-refractivity contribution is 0.227. The number of unbranched alkanes of at least 4 members (excludes halogenated alkanes) is 2. The Morgan fingerprint density at radius 2 is 2.00 bits per heavy atom. The first-order valence-electron chi connectivity index (χ1n) is 7.43. The topological polar surface area (TPSA) is 50.7 Å². The highest BCUT2D eigenvalue weighted by Gasteiger charge is 2.15. The second-order valence-corrected chi connectivity index (χ2v) is 6.04. The molecule has 2 N–H and O–H groups in total. The molecule has 0 spiro atoms. The van der Waals surface area contributed by atoms with E-state index in [9.17, 15) is 0 Å². The maximum atomic E-state index is 8.76. The molecule has 0 heterocycles. The van der Waals surface area contributed by atoms with Gasteiger partial charge >= 0.3 is 0 Å². The molecule has 1 rings (SSSR count). The van der Waals surface area contributed by atoms with Crippen molar-refractivity contribution >= 4 is 15.9 Å². The molecule has 0 bridgehead atoms. The number of aliphatic hydroxyl groups excluding tert-OH is 1. The van der Waals surface area contributed by atoms with Crippen LogP contribution in [0.3, 0.4) is 0 Å². The van der Waals surface area contributed by atoms with Crippen molar-refractivity contribution in [2.45, 2.75) is 45.8 Å². The summed E-state index contributed by atoms with van der Waals surface area (Å²) in [5, 5.41) is 12.2. The summed E-state index contributed by atoms with van der Waals surface area (Å²) in [6.07, 6.45) is 3.06. The highest BCUT2D eigenvalue weighted by atomic mass is 79.9. The number of hydrogen-bond donors (Lipinski definition) is 2. The Hall–Kier alpha value is -0.780. The lowest BCUT2D eigenvalue weighted by atomic mass is 10.1. The largest absolute Gasteiger partial charge is 0.493 e. The first kappa shape index (κ1) is 18.3. The number of halogens is 1. The summed E-state index contributed by atoms with van der Waals surface area (Å²) < 4.78 is 12.3. The molecule has 1 aromatic carbocycles. The highest BCUT2D eigenvalue weighted by molar-refractivity contribution is 9.10. The fourth-order valence-electron chi connectivity index (χ4n) is 2.02. The zero-order valence-corrected chi connectivity index (χ0v) is 14.7. The van der Waals surface area contributed by atoms with Crippen LogP contribution in [-0.4, -0.2) is 31.5 Å². The van der Waals surface area contributed by atoms with Gasteiger partial charge in [0.2, 0.25) is 0 Å². The molecule has 0 unspecified atom stereocenters. The summed E-state index contributed by atoms with van der Waals surface area (Å²) in [6, 6.07) is 3.89. The van der Waals surface area contributed by atoms with Crippen molar-refractivity contribution < 1.29 is 14.6 Å². The van der Waals surface area contributed by atoms with E-state index in [-0.39, 0.29) is 12.7 Å². The van der Waals surface area contributed by atoms with Gasteiger partial charge in [0.05, 0.1) is 13.2 Å². The molecule has 0 aliphatic rings. The normalized spacial score (nSPS) is 11.0. The average Bonchev–Trinajstić information content (AvgIpc) is 2.45. The van der Waals surface area contributed by atoms with E-state index in [1.165, 1.54) is 0 Å². The number of benzene rings is 1. The second kappa shape index (κ2) is 10.0. The van der Waals surface area contributed by atoms with Crippen molar-refractivity contribution in [3.8, 4) is 11.5 Å². The molecule has 1 aromatic rings. The van der Waals surface area contributed by atoms with Crippen LogP contribution in [0.25, 0.3) is 0 Å². The summed E-state index contributed by atoms with van der Waals surface area (Å²) in [4.78, 5) is 0.